The van der Waals surface area contributed by atoms with Crippen LogP contribution in [-0.2, 0) is 4.79 Å². The van der Waals surface area contributed by atoms with E-state index in [1.165, 1.54) is 7.11 Å². The first kappa shape index (κ1) is 19.8. The third-order valence-corrected chi connectivity index (χ3v) is 4.38. The van der Waals surface area contributed by atoms with E-state index in [9.17, 15) is 14.7 Å². The molecule has 0 aliphatic carbocycles. The molecule has 1 N–H and O–H groups in total. The SMILES string of the molecule is CCOc1ccc(C(CC(=O)[O-])NC(=O)c2ccccc2Br)cc1OC. The van der Waals surface area contributed by atoms with Crippen LogP contribution in [0.5, 0.6) is 11.5 Å². The normalized spacial score (nSPS) is 11.5. The van der Waals surface area contributed by atoms with Gasteiger partial charge in [0.2, 0.25) is 0 Å². The zero-order chi connectivity index (χ0) is 19.1. The summed E-state index contributed by atoms with van der Waals surface area (Å²) in [4.78, 5) is 23.7. The summed E-state index contributed by atoms with van der Waals surface area (Å²) in [6.07, 6.45) is -0.368. The van der Waals surface area contributed by atoms with Gasteiger partial charge in [-0.05, 0) is 52.7 Å². The van der Waals surface area contributed by atoms with Gasteiger partial charge in [0.15, 0.2) is 11.5 Å². The number of benzene rings is 2. The third kappa shape index (κ3) is 4.98. The van der Waals surface area contributed by atoms with Gasteiger partial charge in [0.05, 0.1) is 25.3 Å². The first-order chi connectivity index (χ1) is 12.5. The van der Waals surface area contributed by atoms with Gasteiger partial charge in [-0.2, -0.15) is 0 Å². The van der Waals surface area contributed by atoms with E-state index in [0.717, 1.165) is 0 Å². The monoisotopic (exact) mass is 420 g/mol. The molecule has 0 saturated heterocycles. The Balaban J connectivity index is 2.31. The van der Waals surface area contributed by atoms with Crippen LogP contribution in [0, 0.1) is 0 Å². The van der Waals surface area contributed by atoms with Crippen molar-refractivity contribution in [3.8, 4) is 11.5 Å². The summed E-state index contributed by atoms with van der Waals surface area (Å²) >= 11 is 3.32. The number of amides is 1. The minimum absolute atomic E-state index is 0.368. The number of nitrogens with one attached hydrogen (secondary N) is 1. The average molecular weight is 421 g/mol. The lowest BCUT2D eigenvalue weighted by Gasteiger charge is -2.21. The van der Waals surface area contributed by atoms with E-state index in [-0.39, 0.29) is 6.42 Å². The molecular formula is C19H19BrNO5-. The Morgan fingerprint density at radius 3 is 2.54 bits per heavy atom. The highest BCUT2D eigenvalue weighted by atomic mass is 79.9. The van der Waals surface area contributed by atoms with Crippen LogP contribution in [0.1, 0.15) is 35.3 Å². The lowest BCUT2D eigenvalue weighted by atomic mass is 10.0. The summed E-state index contributed by atoms with van der Waals surface area (Å²) < 4.78 is 11.4. The second-order valence-corrected chi connectivity index (χ2v) is 6.28. The molecule has 6 nitrogen and oxygen atoms in total. The highest BCUT2D eigenvalue weighted by molar-refractivity contribution is 9.10. The number of methoxy groups -OCH3 is 1. The van der Waals surface area contributed by atoms with Crippen molar-refractivity contribution in [2.75, 3.05) is 13.7 Å². The van der Waals surface area contributed by atoms with Gasteiger partial charge in [0.1, 0.15) is 0 Å². The molecule has 0 aliphatic rings. The smallest absolute Gasteiger partial charge is 0.252 e. The number of hydrogen-bond acceptors (Lipinski definition) is 5. The second-order valence-electron chi connectivity index (χ2n) is 5.43. The molecule has 26 heavy (non-hydrogen) atoms. The van der Waals surface area contributed by atoms with Crippen molar-refractivity contribution in [3.63, 3.8) is 0 Å². The Kier molecular flexibility index (Phi) is 7.03. The lowest BCUT2D eigenvalue weighted by Crippen LogP contribution is -2.34. The number of ether oxygens (including phenoxy) is 2. The molecule has 0 radical (unpaired) electrons. The molecule has 2 aromatic carbocycles. The van der Waals surface area contributed by atoms with Gasteiger partial charge in [-0.15, -0.1) is 0 Å². The first-order valence-corrected chi connectivity index (χ1v) is 8.81. The summed E-state index contributed by atoms with van der Waals surface area (Å²) in [5.41, 5.74) is 0.989. The summed E-state index contributed by atoms with van der Waals surface area (Å²) in [5, 5.41) is 13.9. The highest BCUT2D eigenvalue weighted by Gasteiger charge is 2.19. The molecule has 0 saturated carbocycles. The van der Waals surface area contributed by atoms with Crippen molar-refractivity contribution in [3.05, 3.63) is 58.1 Å². The van der Waals surface area contributed by atoms with Crippen molar-refractivity contribution in [1.82, 2.24) is 5.32 Å². The van der Waals surface area contributed by atoms with Gasteiger partial charge in [-0.1, -0.05) is 18.2 Å². The number of carbonyl (C=O) groups excluding carboxylic acids is 2. The molecule has 0 bridgehead atoms. The molecule has 1 atom stereocenters. The van der Waals surface area contributed by atoms with Crippen LogP contribution < -0.4 is 19.9 Å². The molecule has 1 amide bonds. The highest BCUT2D eigenvalue weighted by Crippen LogP contribution is 2.31. The molecular weight excluding hydrogens is 402 g/mol. The fraction of sp³-hybridized carbons (Fsp3) is 0.263. The van der Waals surface area contributed by atoms with Gasteiger partial charge in [-0.3, -0.25) is 4.79 Å². The molecule has 7 heteroatoms. The summed E-state index contributed by atoms with van der Waals surface area (Å²) in [7, 11) is 1.50. The number of carbonyl (C=O) groups is 2. The molecule has 2 aromatic rings. The van der Waals surface area contributed by atoms with Gasteiger partial charge in [-0.25, -0.2) is 0 Å². The fourth-order valence-electron chi connectivity index (χ4n) is 2.48. The third-order valence-electron chi connectivity index (χ3n) is 3.68. The zero-order valence-electron chi connectivity index (χ0n) is 14.5. The van der Waals surface area contributed by atoms with E-state index in [2.05, 4.69) is 21.2 Å². The Morgan fingerprint density at radius 2 is 1.92 bits per heavy atom. The van der Waals surface area contributed by atoms with Crippen molar-refractivity contribution >= 4 is 27.8 Å². The maximum absolute atomic E-state index is 12.5. The molecule has 1 unspecified atom stereocenters. The molecule has 0 aliphatic heterocycles. The van der Waals surface area contributed by atoms with Crippen LogP contribution in [0.2, 0.25) is 0 Å². The van der Waals surface area contributed by atoms with Gasteiger partial charge in [0.25, 0.3) is 5.91 Å². The first-order valence-electron chi connectivity index (χ1n) is 8.02. The summed E-state index contributed by atoms with van der Waals surface area (Å²) in [5.74, 6) is -0.655. The van der Waals surface area contributed by atoms with E-state index in [1.807, 2.05) is 6.92 Å². The number of hydrogen-bond donors (Lipinski definition) is 1. The van der Waals surface area contributed by atoms with Crippen LogP contribution in [-0.4, -0.2) is 25.6 Å². The number of aliphatic carboxylic acids is 1. The van der Waals surface area contributed by atoms with Crippen LogP contribution in [0.15, 0.2) is 46.9 Å². The Hall–Kier alpha value is -2.54. The van der Waals surface area contributed by atoms with Crippen LogP contribution in [0.25, 0.3) is 0 Å². The van der Waals surface area contributed by atoms with E-state index in [0.29, 0.717) is 33.7 Å². The molecule has 0 spiro atoms. The van der Waals surface area contributed by atoms with Crippen LogP contribution in [0.3, 0.4) is 0 Å². The van der Waals surface area contributed by atoms with Gasteiger partial charge in [0, 0.05) is 16.9 Å². The Labute approximate surface area is 160 Å². The van der Waals surface area contributed by atoms with Gasteiger partial charge >= 0.3 is 0 Å². The minimum Gasteiger partial charge on any atom is -0.550 e. The maximum atomic E-state index is 12.5. The summed E-state index contributed by atoms with van der Waals surface area (Å²) in [6.45, 7) is 2.32. The number of carboxylic acids is 1. The Bertz CT molecular complexity index is 793. The minimum atomic E-state index is -1.27. The van der Waals surface area contributed by atoms with E-state index in [1.54, 1.807) is 42.5 Å². The molecule has 0 aromatic heterocycles. The van der Waals surface area contributed by atoms with E-state index in [4.69, 9.17) is 9.47 Å². The molecule has 0 heterocycles. The second kappa shape index (κ2) is 9.24. The number of rotatable bonds is 8. The standard InChI is InChI=1S/C19H20BrNO5/c1-3-26-16-9-8-12(10-17(16)25-2)15(11-18(22)23)21-19(24)13-6-4-5-7-14(13)20/h4-10,15H,3,11H2,1-2H3,(H,21,24)(H,22,23)/p-1. The molecule has 138 valence electrons. The van der Waals surface area contributed by atoms with Crippen molar-refractivity contribution < 1.29 is 24.2 Å². The predicted octanol–water partition coefficient (Wildman–Crippen LogP) is 2.47. The predicted molar refractivity (Wildman–Crippen MR) is 98.1 cm³/mol. The van der Waals surface area contributed by atoms with Crippen molar-refractivity contribution in [2.24, 2.45) is 0 Å². The van der Waals surface area contributed by atoms with E-state index >= 15 is 0 Å². The van der Waals surface area contributed by atoms with Crippen molar-refractivity contribution in [1.29, 1.82) is 0 Å². The topological polar surface area (TPSA) is 87.7 Å². The number of carboxylic acid groups (broad SMARTS) is 1. The number of halogens is 1. The molecule has 2 rings (SSSR count). The lowest BCUT2D eigenvalue weighted by molar-refractivity contribution is -0.306. The van der Waals surface area contributed by atoms with E-state index < -0.39 is 17.9 Å². The van der Waals surface area contributed by atoms with Crippen LogP contribution in [0.4, 0.5) is 0 Å². The quantitative estimate of drug-likeness (QED) is 0.708. The average Bonchev–Trinajstić information content (AvgIpc) is 2.61. The zero-order valence-corrected chi connectivity index (χ0v) is 16.0. The molecule has 0 fully saturated rings. The maximum Gasteiger partial charge on any atom is 0.252 e. The van der Waals surface area contributed by atoms with Crippen molar-refractivity contribution in [2.45, 2.75) is 19.4 Å². The van der Waals surface area contributed by atoms with Gasteiger partial charge < -0.3 is 24.7 Å². The largest absolute Gasteiger partial charge is 0.550 e. The van der Waals surface area contributed by atoms with Crippen LogP contribution >= 0.6 is 15.9 Å². The fourth-order valence-corrected chi connectivity index (χ4v) is 2.94. The Morgan fingerprint density at radius 1 is 1.19 bits per heavy atom. The summed E-state index contributed by atoms with van der Waals surface area (Å²) in [6, 6.07) is 11.2.